The van der Waals surface area contributed by atoms with Gasteiger partial charge in [0.2, 0.25) is 0 Å². The van der Waals surface area contributed by atoms with Crippen molar-refractivity contribution in [3.05, 3.63) is 154 Å². The van der Waals surface area contributed by atoms with Crippen molar-refractivity contribution in [1.82, 2.24) is 0 Å². The fourth-order valence-corrected chi connectivity index (χ4v) is 7.44. The van der Waals surface area contributed by atoms with E-state index in [2.05, 4.69) is 0 Å². The molecule has 0 radical (unpaired) electrons. The normalized spacial score (nSPS) is 12.4. The number of phenols is 10. The summed E-state index contributed by atoms with van der Waals surface area (Å²) >= 11 is 0. The van der Waals surface area contributed by atoms with Crippen LogP contribution in [0.4, 0.5) is 0 Å². The highest BCUT2D eigenvalue weighted by molar-refractivity contribution is 5.52. The van der Waals surface area contributed by atoms with Gasteiger partial charge >= 0.3 is 0 Å². The first-order valence-corrected chi connectivity index (χ1v) is 18.5. The second-order valence-corrected chi connectivity index (χ2v) is 14.5. The molecule has 6 rings (SSSR count). The highest BCUT2D eigenvalue weighted by atomic mass is 16.3. The van der Waals surface area contributed by atoms with Gasteiger partial charge in [-0.15, -0.1) is 0 Å². The molecule has 0 fully saturated rings. The third kappa shape index (κ3) is 9.70. The van der Waals surface area contributed by atoms with E-state index in [1.165, 1.54) is 24.3 Å². The lowest BCUT2D eigenvalue weighted by Gasteiger charge is -2.29. The average Bonchev–Trinajstić information content (AvgIpc) is 3.16. The van der Waals surface area contributed by atoms with Crippen LogP contribution in [0.5, 0.6) is 57.5 Å². The molecule has 6 aromatic carbocycles. The van der Waals surface area contributed by atoms with Gasteiger partial charge in [-0.05, 0) is 168 Å². The number of phenolic OH excluding ortho intramolecular Hbond substituents is 10. The lowest BCUT2D eigenvalue weighted by atomic mass is 9.75. The number of rotatable bonds is 15. The standard InChI is InChI=1S/C46H46O10/c47-36-5-1-3-27(18-36)7-16-35(17-28-8-12-32(39(49)20-28)14-10-30-22-41(51)45(55)42(52)23-30)38(34-4-2-6-37(48)26-34)19-29-9-13-33(40(50)21-29)15-11-31-24-43(53)46(56)44(54)25-31/h1-6,8-9,12-13,18,20-26,35,38,47-56H,7,10-11,14-17,19H2/t35-,38+/m0/s1. The van der Waals surface area contributed by atoms with Crippen LogP contribution < -0.4 is 0 Å². The summed E-state index contributed by atoms with van der Waals surface area (Å²) in [4.78, 5) is 0. The molecule has 10 nitrogen and oxygen atoms in total. The second-order valence-electron chi connectivity index (χ2n) is 14.5. The molecule has 0 saturated heterocycles. The lowest BCUT2D eigenvalue weighted by Crippen LogP contribution is -2.19. The second kappa shape index (κ2) is 17.2. The molecule has 0 aliphatic rings. The first kappa shape index (κ1) is 39.0. The molecule has 0 saturated carbocycles. The summed E-state index contributed by atoms with van der Waals surface area (Å²) < 4.78 is 0. The van der Waals surface area contributed by atoms with Crippen LogP contribution in [0.25, 0.3) is 0 Å². The van der Waals surface area contributed by atoms with E-state index in [0.717, 1.165) is 22.3 Å². The molecule has 10 N–H and O–H groups in total. The van der Waals surface area contributed by atoms with E-state index < -0.39 is 34.5 Å². The molecule has 6 aromatic rings. The fourth-order valence-electron chi connectivity index (χ4n) is 7.44. The van der Waals surface area contributed by atoms with Gasteiger partial charge < -0.3 is 51.1 Å². The Hall–Kier alpha value is -6.68. The number of hydrogen-bond donors (Lipinski definition) is 10. The summed E-state index contributed by atoms with van der Waals surface area (Å²) in [5.74, 6) is -2.52. The summed E-state index contributed by atoms with van der Waals surface area (Å²) in [7, 11) is 0. The van der Waals surface area contributed by atoms with Crippen LogP contribution in [0.3, 0.4) is 0 Å². The molecule has 0 spiro atoms. The van der Waals surface area contributed by atoms with Crippen molar-refractivity contribution in [2.45, 2.75) is 57.3 Å². The van der Waals surface area contributed by atoms with Gasteiger partial charge in [0.1, 0.15) is 23.0 Å². The van der Waals surface area contributed by atoms with E-state index in [-0.39, 0.29) is 34.8 Å². The molecule has 2 atom stereocenters. The number of aromatic hydroxyl groups is 10. The first-order valence-electron chi connectivity index (χ1n) is 18.5. The van der Waals surface area contributed by atoms with Crippen LogP contribution in [0.15, 0.2) is 109 Å². The van der Waals surface area contributed by atoms with Crippen LogP contribution in [0, 0.1) is 5.92 Å². The number of hydrogen-bond acceptors (Lipinski definition) is 10. The van der Waals surface area contributed by atoms with E-state index in [1.54, 1.807) is 42.5 Å². The zero-order valence-electron chi connectivity index (χ0n) is 30.7. The van der Waals surface area contributed by atoms with Gasteiger partial charge in [-0.3, -0.25) is 0 Å². The summed E-state index contributed by atoms with van der Waals surface area (Å²) in [6.45, 7) is 0. The molecule has 290 valence electrons. The zero-order chi connectivity index (χ0) is 39.9. The Morgan fingerprint density at radius 3 is 1.30 bits per heavy atom. The van der Waals surface area contributed by atoms with Crippen molar-refractivity contribution in [2.75, 3.05) is 0 Å². The van der Waals surface area contributed by atoms with Gasteiger partial charge in [0.05, 0.1) is 0 Å². The van der Waals surface area contributed by atoms with Crippen molar-refractivity contribution in [3.63, 3.8) is 0 Å². The van der Waals surface area contributed by atoms with Crippen molar-refractivity contribution in [2.24, 2.45) is 5.92 Å². The fraction of sp³-hybridized carbons (Fsp3) is 0.217. The van der Waals surface area contributed by atoms with Crippen molar-refractivity contribution in [3.8, 4) is 57.5 Å². The van der Waals surface area contributed by atoms with Gasteiger partial charge in [-0.1, -0.05) is 48.5 Å². The van der Waals surface area contributed by atoms with E-state index >= 15 is 0 Å². The van der Waals surface area contributed by atoms with E-state index in [4.69, 9.17) is 0 Å². The minimum absolute atomic E-state index is 0.0379. The van der Waals surface area contributed by atoms with E-state index in [9.17, 15) is 51.1 Å². The van der Waals surface area contributed by atoms with Crippen LogP contribution in [0.1, 0.15) is 56.8 Å². The Labute approximate surface area is 324 Å². The van der Waals surface area contributed by atoms with Crippen molar-refractivity contribution < 1.29 is 51.1 Å². The molecule has 0 bridgehead atoms. The zero-order valence-corrected chi connectivity index (χ0v) is 30.7. The third-order valence-electron chi connectivity index (χ3n) is 10.5. The smallest absolute Gasteiger partial charge is 0.200 e. The maximum atomic E-state index is 11.2. The van der Waals surface area contributed by atoms with E-state index in [1.807, 2.05) is 42.5 Å². The average molecular weight is 759 g/mol. The Morgan fingerprint density at radius 2 is 0.821 bits per heavy atom. The molecule has 0 unspecified atom stereocenters. The lowest BCUT2D eigenvalue weighted by molar-refractivity contribution is 0.367. The minimum Gasteiger partial charge on any atom is -0.508 e. The molecule has 0 amide bonds. The van der Waals surface area contributed by atoms with Gasteiger partial charge in [-0.2, -0.15) is 0 Å². The predicted molar refractivity (Wildman–Crippen MR) is 212 cm³/mol. The van der Waals surface area contributed by atoms with Gasteiger partial charge in [0.25, 0.3) is 0 Å². The summed E-state index contributed by atoms with van der Waals surface area (Å²) in [6, 6.07) is 30.9. The Kier molecular flexibility index (Phi) is 12.0. The predicted octanol–water partition coefficient (Wildman–Crippen LogP) is 8.13. The Balaban J connectivity index is 1.26. The highest BCUT2D eigenvalue weighted by Gasteiger charge is 2.26. The SMILES string of the molecule is Oc1cccc(CC[C@@H](Cc2ccc(CCc3cc(O)c(O)c(O)c3)c(O)c2)[C@H](Cc2ccc(CCc3cc(O)c(O)c(O)c3)c(O)c2)c2cccc(O)c2)c1. The summed E-state index contributed by atoms with van der Waals surface area (Å²) in [5, 5.41) is 102. The van der Waals surface area contributed by atoms with Crippen LogP contribution in [-0.2, 0) is 44.9 Å². The molecule has 0 aliphatic carbocycles. The maximum Gasteiger partial charge on any atom is 0.200 e. The monoisotopic (exact) mass is 758 g/mol. The van der Waals surface area contributed by atoms with Crippen molar-refractivity contribution >= 4 is 0 Å². The molecular formula is C46H46O10. The van der Waals surface area contributed by atoms with Crippen molar-refractivity contribution in [1.29, 1.82) is 0 Å². The van der Waals surface area contributed by atoms with Gasteiger partial charge in [0, 0.05) is 0 Å². The Morgan fingerprint density at radius 1 is 0.357 bits per heavy atom. The summed E-state index contributed by atoms with van der Waals surface area (Å²) in [6.07, 6.45) is 4.04. The molecule has 0 aromatic heterocycles. The van der Waals surface area contributed by atoms with E-state index in [0.29, 0.717) is 73.6 Å². The first-order chi connectivity index (χ1) is 26.8. The van der Waals surface area contributed by atoms with Crippen LogP contribution >= 0.6 is 0 Å². The highest BCUT2D eigenvalue weighted by Crippen LogP contribution is 2.40. The molecule has 56 heavy (non-hydrogen) atoms. The van der Waals surface area contributed by atoms with Crippen LogP contribution in [0.2, 0.25) is 0 Å². The number of aryl methyl sites for hydroxylation is 5. The van der Waals surface area contributed by atoms with Crippen LogP contribution in [-0.4, -0.2) is 51.1 Å². The largest absolute Gasteiger partial charge is 0.508 e. The molecule has 0 heterocycles. The third-order valence-corrected chi connectivity index (χ3v) is 10.5. The Bertz CT molecular complexity index is 2270. The molecular weight excluding hydrogens is 712 g/mol. The molecule has 10 heteroatoms. The van der Waals surface area contributed by atoms with Gasteiger partial charge in [0.15, 0.2) is 34.5 Å². The topological polar surface area (TPSA) is 202 Å². The number of benzene rings is 6. The molecule has 0 aliphatic heterocycles. The quantitative estimate of drug-likeness (QED) is 0.0456. The minimum atomic E-state index is -0.580. The van der Waals surface area contributed by atoms with Gasteiger partial charge in [-0.25, -0.2) is 0 Å². The maximum absolute atomic E-state index is 11.2. The summed E-state index contributed by atoms with van der Waals surface area (Å²) in [5.41, 5.74) is 6.17.